The van der Waals surface area contributed by atoms with Crippen molar-refractivity contribution in [2.45, 2.75) is 58.8 Å². The first-order valence-corrected chi connectivity index (χ1v) is 5.74. The van der Waals surface area contributed by atoms with Crippen LogP contribution in [0, 0.1) is 11.8 Å². The van der Waals surface area contributed by atoms with Crippen LogP contribution in [-0.4, -0.2) is 5.78 Å². The van der Waals surface area contributed by atoms with Crippen LogP contribution in [0.2, 0.25) is 0 Å². The zero-order valence-corrected chi connectivity index (χ0v) is 9.01. The monoisotopic (exact) mass is 182 g/mol. The second-order valence-electron chi connectivity index (χ2n) is 4.57. The topological polar surface area (TPSA) is 17.1 Å². The van der Waals surface area contributed by atoms with Crippen molar-refractivity contribution < 1.29 is 4.79 Å². The van der Waals surface area contributed by atoms with E-state index in [0.29, 0.717) is 5.78 Å². The fraction of sp³-hybridized carbons (Fsp3) is 0.917. The maximum atomic E-state index is 11.1. The summed E-state index contributed by atoms with van der Waals surface area (Å²) >= 11 is 0. The van der Waals surface area contributed by atoms with Gasteiger partial charge in [0.25, 0.3) is 0 Å². The summed E-state index contributed by atoms with van der Waals surface area (Å²) in [6.45, 7) is 4.31. The molecule has 0 aromatic carbocycles. The Morgan fingerprint density at radius 3 is 2.77 bits per heavy atom. The predicted octanol–water partition coefficient (Wildman–Crippen LogP) is 3.57. The Balaban J connectivity index is 2.17. The van der Waals surface area contributed by atoms with Crippen LogP contribution >= 0.6 is 0 Å². The van der Waals surface area contributed by atoms with E-state index < -0.39 is 0 Å². The van der Waals surface area contributed by atoms with E-state index in [1.165, 1.54) is 25.7 Å². The maximum Gasteiger partial charge on any atom is 0.132 e. The van der Waals surface area contributed by atoms with Gasteiger partial charge in [-0.1, -0.05) is 33.1 Å². The average molecular weight is 182 g/mol. The lowest BCUT2D eigenvalue weighted by Gasteiger charge is -2.26. The minimum atomic E-state index is 0.443. The van der Waals surface area contributed by atoms with E-state index in [0.717, 1.165) is 31.1 Å². The quantitative estimate of drug-likeness (QED) is 0.649. The lowest BCUT2D eigenvalue weighted by atomic mass is 9.80. The molecule has 0 heterocycles. The Bertz CT molecular complexity index is 163. The summed E-state index contributed by atoms with van der Waals surface area (Å²) in [4.78, 5) is 11.1. The van der Waals surface area contributed by atoms with Crippen molar-refractivity contribution in [1.29, 1.82) is 0 Å². The van der Waals surface area contributed by atoms with Crippen LogP contribution in [-0.2, 0) is 4.79 Å². The van der Waals surface area contributed by atoms with Gasteiger partial charge in [0.1, 0.15) is 5.78 Å². The molecule has 0 aromatic heterocycles. The zero-order valence-electron chi connectivity index (χ0n) is 9.01. The van der Waals surface area contributed by atoms with Crippen LogP contribution < -0.4 is 0 Å². The van der Waals surface area contributed by atoms with E-state index >= 15 is 0 Å². The lowest BCUT2D eigenvalue weighted by molar-refractivity contribution is -0.119. The highest BCUT2D eigenvalue weighted by Crippen LogP contribution is 2.31. The molecule has 76 valence electrons. The lowest BCUT2D eigenvalue weighted by Crippen LogP contribution is -2.14. The SMILES string of the molecule is CCC(=O)CCC1CCCC(C)C1. The van der Waals surface area contributed by atoms with Crippen LogP contribution in [0.5, 0.6) is 0 Å². The molecule has 1 aliphatic rings. The molecule has 1 nitrogen and oxygen atoms in total. The van der Waals surface area contributed by atoms with Crippen LogP contribution in [0.15, 0.2) is 0 Å². The average Bonchev–Trinajstić information content (AvgIpc) is 2.14. The van der Waals surface area contributed by atoms with Crippen LogP contribution in [0.25, 0.3) is 0 Å². The van der Waals surface area contributed by atoms with Crippen molar-refractivity contribution in [3.05, 3.63) is 0 Å². The van der Waals surface area contributed by atoms with E-state index in [1.54, 1.807) is 0 Å². The van der Waals surface area contributed by atoms with E-state index in [4.69, 9.17) is 0 Å². The Labute approximate surface area is 81.9 Å². The van der Waals surface area contributed by atoms with Gasteiger partial charge in [-0.25, -0.2) is 0 Å². The largest absolute Gasteiger partial charge is 0.300 e. The van der Waals surface area contributed by atoms with Gasteiger partial charge in [-0.05, 0) is 24.7 Å². The zero-order chi connectivity index (χ0) is 9.68. The summed E-state index contributed by atoms with van der Waals surface area (Å²) in [5.41, 5.74) is 0. The molecule has 1 fully saturated rings. The van der Waals surface area contributed by atoms with Gasteiger partial charge in [0.05, 0.1) is 0 Å². The summed E-state index contributed by atoms with van der Waals surface area (Å²) in [6.07, 6.45) is 8.20. The maximum absolute atomic E-state index is 11.1. The summed E-state index contributed by atoms with van der Waals surface area (Å²) in [5, 5.41) is 0. The first kappa shape index (κ1) is 10.7. The third kappa shape index (κ3) is 3.93. The first-order chi connectivity index (χ1) is 6.22. The van der Waals surface area contributed by atoms with Crippen molar-refractivity contribution in [2.75, 3.05) is 0 Å². The first-order valence-electron chi connectivity index (χ1n) is 5.74. The van der Waals surface area contributed by atoms with Gasteiger partial charge in [-0.15, -0.1) is 0 Å². The van der Waals surface area contributed by atoms with Crippen molar-refractivity contribution in [2.24, 2.45) is 11.8 Å². The number of Topliss-reactive ketones (excluding diaryl/α,β-unsaturated/α-hetero) is 1. The molecule has 0 saturated heterocycles. The van der Waals surface area contributed by atoms with E-state index in [-0.39, 0.29) is 0 Å². The second kappa shape index (κ2) is 5.41. The molecule has 0 bridgehead atoms. The standard InChI is InChI=1S/C12H22O/c1-3-12(13)8-7-11-6-4-5-10(2)9-11/h10-11H,3-9H2,1-2H3. The van der Waals surface area contributed by atoms with E-state index in [2.05, 4.69) is 6.92 Å². The summed E-state index contributed by atoms with van der Waals surface area (Å²) < 4.78 is 0. The normalized spacial score (nSPS) is 28.8. The minimum absolute atomic E-state index is 0.443. The molecular weight excluding hydrogens is 160 g/mol. The molecule has 1 aliphatic carbocycles. The fourth-order valence-electron chi connectivity index (χ4n) is 2.36. The highest BCUT2D eigenvalue weighted by molar-refractivity contribution is 5.77. The molecule has 0 aromatic rings. The molecule has 0 N–H and O–H groups in total. The van der Waals surface area contributed by atoms with Crippen LogP contribution in [0.4, 0.5) is 0 Å². The molecule has 1 heteroatoms. The Hall–Kier alpha value is -0.330. The number of carbonyl (C=O) groups is 1. The number of rotatable bonds is 4. The number of carbonyl (C=O) groups excluding carboxylic acids is 1. The molecule has 13 heavy (non-hydrogen) atoms. The van der Waals surface area contributed by atoms with Gasteiger partial charge in [0.15, 0.2) is 0 Å². The molecule has 1 saturated carbocycles. The van der Waals surface area contributed by atoms with Crippen molar-refractivity contribution in [3.63, 3.8) is 0 Å². The summed E-state index contributed by atoms with van der Waals surface area (Å²) in [6, 6.07) is 0. The molecular formula is C12H22O. The van der Waals surface area contributed by atoms with Gasteiger partial charge in [-0.2, -0.15) is 0 Å². The molecule has 2 unspecified atom stereocenters. The highest BCUT2D eigenvalue weighted by atomic mass is 16.1. The number of ketones is 1. The van der Waals surface area contributed by atoms with Crippen LogP contribution in [0.1, 0.15) is 58.8 Å². The molecule has 1 rings (SSSR count). The van der Waals surface area contributed by atoms with E-state index in [1.807, 2.05) is 6.92 Å². The summed E-state index contributed by atoms with van der Waals surface area (Å²) in [7, 11) is 0. The van der Waals surface area contributed by atoms with Gasteiger partial charge in [0, 0.05) is 12.8 Å². The number of hydrogen-bond donors (Lipinski definition) is 0. The highest BCUT2D eigenvalue weighted by Gasteiger charge is 2.18. The van der Waals surface area contributed by atoms with E-state index in [9.17, 15) is 4.79 Å². The van der Waals surface area contributed by atoms with Gasteiger partial charge in [0.2, 0.25) is 0 Å². The van der Waals surface area contributed by atoms with Crippen molar-refractivity contribution in [1.82, 2.24) is 0 Å². The fourth-order valence-corrected chi connectivity index (χ4v) is 2.36. The molecule has 0 aliphatic heterocycles. The van der Waals surface area contributed by atoms with Gasteiger partial charge < -0.3 is 0 Å². The minimum Gasteiger partial charge on any atom is -0.300 e. The Morgan fingerprint density at radius 1 is 1.38 bits per heavy atom. The van der Waals surface area contributed by atoms with Crippen LogP contribution in [0.3, 0.4) is 0 Å². The Morgan fingerprint density at radius 2 is 2.15 bits per heavy atom. The van der Waals surface area contributed by atoms with Crippen molar-refractivity contribution >= 4 is 5.78 Å². The molecule has 2 atom stereocenters. The molecule has 0 radical (unpaired) electrons. The Kier molecular flexibility index (Phi) is 4.47. The van der Waals surface area contributed by atoms with Gasteiger partial charge >= 0.3 is 0 Å². The van der Waals surface area contributed by atoms with Crippen molar-refractivity contribution in [3.8, 4) is 0 Å². The predicted molar refractivity (Wildman–Crippen MR) is 55.7 cm³/mol. The third-order valence-corrected chi connectivity index (χ3v) is 3.27. The number of hydrogen-bond acceptors (Lipinski definition) is 1. The third-order valence-electron chi connectivity index (χ3n) is 3.27. The second-order valence-corrected chi connectivity index (χ2v) is 4.57. The molecule has 0 spiro atoms. The molecule has 0 amide bonds. The summed E-state index contributed by atoms with van der Waals surface area (Å²) in [5.74, 6) is 2.19. The van der Waals surface area contributed by atoms with Gasteiger partial charge in [-0.3, -0.25) is 4.79 Å². The smallest absolute Gasteiger partial charge is 0.132 e.